The molecule has 0 amide bonds. The number of anilines is 1. The van der Waals surface area contributed by atoms with Crippen molar-refractivity contribution in [2.45, 2.75) is 51.5 Å². The van der Waals surface area contributed by atoms with E-state index in [4.69, 9.17) is 5.11 Å². The lowest BCUT2D eigenvalue weighted by Gasteiger charge is -2.30. The minimum absolute atomic E-state index is 0.0602. The molecule has 0 fully saturated rings. The van der Waals surface area contributed by atoms with Crippen LogP contribution in [-0.4, -0.2) is 33.3 Å². The van der Waals surface area contributed by atoms with Gasteiger partial charge >= 0.3 is 5.97 Å². The summed E-state index contributed by atoms with van der Waals surface area (Å²) in [6, 6.07) is 1.75. The minimum atomic E-state index is -0.961. The first-order valence-corrected chi connectivity index (χ1v) is 7.14. The van der Waals surface area contributed by atoms with Gasteiger partial charge in [-0.1, -0.05) is 6.92 Å². The van der Waals surface area contributed by atoms with Crippen LogP contribution in [0.5, 0.6) is 0 Å². The topological polar surface area (TPSA) is 82.5 Å². The fraction of sp³-hybridized carbons (Fsp3) is 0.600. The van der Waals surface area contributed by atoms with E-state index in [1.165, 1.54) is 0 Å². The highest BCUT2D eigenvalue weighted by atomic mass is 16.4. The van der Waals surface area contributed by atoms with E-state index < -0.39 is 5.97 Å². The second-order valence-electron chi connectivity index (χ2n) is 5.66. The number of carbonyl (C=O) groups is 1. The Morgan fingerprint density at radius 1 is 1.50 bits per heavy atom. The van der Waals surface area contributed by atoms with E-state index in [0.29, 0.717) is 12.2 Å². The van der Waals surface area contributed by atoms with E-state index in [1.807, 2.05) is 13.8 Å². The summed E-state index contributed by atoms with van der Waals surface area (Å²) in [5.41, 5.74) is 1.93. The largest absolute Gasteiger partial charge is 0.478 e. The van der Waals surface area contributed by atoms with Crippen molar-refractivity contribution >= 4 is 11.8 Å². The molecule has 3 N–H and O–H groups in total. The monoisotopic (exact) mass is 278 g/mol. The zero-order valence-corrected chi connectivity index (χ0v) is 12.1. The van der Waals surface area contributed by atoms with Crippen LogP contribution < -0.4 is 5.32 Å². The molecule has 0 bridgehead atoms. The fourth-order valence-electron chi connectivity index (χ4n) is 2.59. The van der Waals surface area contributed by atoms with Crippen molar-refractivity contribution in [1.29, 1.82) is 0 Å². The van der Waals surface area contributed by atoms with Gasteiger partial charge in [0.15, 0.2) is 0 Å². The van der Waals surface area contributed by atoms with Crippen molar-refractivity contribution in [1.82, 2.24) is 4.98 Å². The standard InChI is InChI=1S/C15H22N2O3/c1-3-15(2,7-8-18)17-13-11(14(19)20)9-10-5-4-6-12(10)16-13/h9,18H,3-8H2,1-2H3,(H,16,17)(H,19,20). The van der Waals surface area contributed by atoms with Crippen LogP contribution in [-0.2, 0) is 12.8 Å². The lowest BCUT2D eigenvalue weighted by molar-refractivity contribution is 0.0697. The molecule has 2 rings (SSSR count). The highest BCUT2D eigenvalue weighted by Crippen LogP contribution is 2.28. The van der Waals surface area contributed by atoms with E-state index in [2.05, 4.69) is 10.3 Å². The third-order valence-electron chi connectivity index (χ3n) is 4.15. The maximum atomic E-state index is 11.4. The zero-order chi connectivity index (χ0) is 14.8. The summed E-state index contributed by atoms with van der Waals surface area (Å²) >= 11 is 0. The number of fused-ring (bicyclic) bond motifs is 1. The molecule has 0 saturated carbocycles. The molecule has 5 nitrogen and oxygen atoms in total. The summed E-state index contributed by atoms with van der Waals surface area (Å²) in [4.78, 5) is 15.9. The first-order valence-electron chi connectivity index (χ1n) is 7.14. The maximum absolute atomic E-state index is 11.4. The molecular formula is C15H22N2O3. The summed E-state index contributed by atoms with van der Waals surface area (Å²) in [5.74, 6) is -0.534. The number of aromatic nitrogens is 1. The van der Waals surface area contributed by atoms with Crippen molar-refractivity contribution < 1.29 is 15.0 Å². The van der Waals surface area contributed by atoms with E-state index in [1.54, 1.807) is 6.07 Å². The Kier molecular flexibility index (Phi) is 4.28. The third kappa shape index (κ3) is 2.93. The van der Waals surface area contributed by atoms with Gasteiger partial charge in [0.1, 0.15) is 11.4 Å². The van der Waals surface area contributed by atoms with Crippen molar-refractivity contribution in [2.24, 2.45) is 0 Å². The molecule has 5 heteroatoms. The van der Waals surface area contributed by atoms with Gasteiger partial charge in [-0.15, -0.1) is 0 Å². The van der Waals surface area contributed by atoms with Crippen LogP contribution in [0.3, 0.4) is 0 Å². The Morgan fingerprint density at radius 3 is 2.85 bits per heavy atom. The summed E-state index contributed by atoms with van der Waals surface area (Å²) < 4.78 is 0. The van der Waals surface area contributed by atoms with Crippen molar-refractivity contribution in [2.75, 3.05) is 11.9 Å². The van der Waals surface area contributed by atoms with Gasteiger partial charge in [-0.05, 0) is 50.7 Å². The van der Waals surface area contributed by atoms with E-state index >= 15 is 0 Å². The smallest absolute Gasteiger partial charge is 0.339 e. The summed E-state index contributed by atoms with van der Waals surface area (Å²) in [5, 5.41) is 21.8. The van der Waals surface area contributed by atoms with Gasteiger partial charge in [-0.25, -0.2) is 9.78 Å². The number of aryl methyl sites for hydroxylation is 2. The van der Waals surface area contributed by atoms with Gasteiger partial charge < -0.3 is 15.5 Å². The predicted octanol–water partition coefficient (Wildman–Crippen LogP) is 2.23. The predicted molar refractivity (Wildman–Crippen MR) is 77.2 cm³/mol. The summed E-state index contributed by atoms with van der Waals surface area (Å²) in [6.07, 6.45) is 4.19. The van der Waals surface area contributed by atoms with Gasteiger partial charge in [0.25, 0.3) is 0 Å². The van der Waals surface area contributed by atoms with Gasteiger partial charge in [-0.3, -0.25) is 0 Å². The molecular weight excluding hydrogens is 256 g/mol. The lowest BCUT2D eigenvalue weighted by Crippen LogP contribution is -2.36. The Balaban J connectivity index is 2.37. The fourth-order valence-corrected chi connectivity index (χ4v) is 2.59. The summed E-state index contributed by atoms with van der Waals surface area (Å²) in [6.45, 7) is 4.05. The number of aromatic carboxylic acids is 1. The normalized spacial score (nSPS) is 16.6. The lowest BCUT2D eigenvalue weighted by atomic mass is 9.94. The molecule has 110 valence electrons. The van der Waals surface area contributed by atoms with Gasteiger partial charge in [0.2, 0.25) is 0 Å². The number of hydrogen-bond acceptors (Lipinski definition) is 4. The molecule has 1 aliphatic carbocycles. The van der Waals surface area contributed by atoms with Gasteiger partial charge in [0.05, 0.1) is 0 Å². The minimum Gasteiger partial charge on any atom is -0.478 e. The molecule has 0 spiro atoms. The molecule has 1 atom stereocenters. The first-order chi connectivity index (χ1) is 9.49. The SMILES string of the molecule is CCC(C)(CCO)Nc1nc2c(cc1C(=O)O)CCC2. The molecule has 0 aliphatic heterocycles. The number of carboxylic acid groups (broad SMARTS) is 1. The van der Waals surface area contributed by atoms with Crippen LogP contribution in [0.2, 0.25) is 0 Å². The quantitative estimate of drug-likeness (QED) is 0.743. The van der Waals surface area contributed by atoms with Crippen LogP contribution in [0.25, 0.3) is 0 Å². The zero-order valence-electron chi connectivity index (χ0n) is 12.1. The average molecular weight is 278 g/mol. The number of nitrogens with zero attached hydrogens (tertiary/aromatic N) is 1. The third-order valence-corrected chi connectivity index (χ3v) is 4.15. The Labute approximate surface area is 119 Å². The number of hydrogen-bond donors (Lipinski definition) is 3. The number of carboxylic acids is 1. The van der Waals surface area contributed by atoms with E-state index in [-0.39, 0.29) is 17.7 Å². The highest BCUT2D eigenvalue weighted by Gasteiger charge is 2.26. The average Bonchev–Trinajstić information content (AvgIpc) is 2.85. The number of aliphatic hydroxyl groups is 1. The van der Waals surface area contributed by atoms with E-state index in [0.717, 1.165) is 36.9 Å². The Morgan fingerprint density at radius 2 is 2.25 bits per heavy atom. The maximum Gasteiger partial charge on any atom is 0.339 e. The molecule has 0 aromatic carbocycles. The molecule has 0 saturated heterocycles. The van der Waals surface area contributed by atoms with Crippen molar-refractivity contribution in [3.8, 4) is 0 Å². The Bertz CT molecular complexity index is 516. The molecule has 1 unspecified atom stereocenters. The van der Waals surface area contributed by atoms with Crippen LogP contribution in [0.4, 0.5) is 5.82 Å². The molecule has 0 radical (unpaired) electrons. The number of aliphatic hydroxyl groups excluding tert-OH is 1. The molecule has 1 aromatic rings. The highest BCUT2D eigenvalue weighted by molar-refractivity contribution is 5.93. The van der Waals surface area contributed by atoms with Crippen molar-refractivity contribution in [3.05, 3.63) is 22.9 Å². The van der Waals surface area contributed by atoms with Gasteiger partial charge in [0, 0.05) is 17.8 Å². The van der Waals surface area contributed by atoms with Gasteiger partial charge in [-0.2, -0.15) is 0 Å². The van der Waals surface area contributed by atoms with E-state index in [9.17, 15) is 9.90 Å². The number of nitrogens with one attached hydrogen (secondary N) is 1. The molecule has 20 heavy (non-hydrogen) atoms. The molecule has 1 heterocycles. The second-order valence-corrected chi connectivity index (χ2v) is 5.66. The molecule has 1 aromatic heterocycles. The Hall–Kier alpha value is -1.62. The van der Waals surface area contributed by atoms with Crippen LogP contribution in [0.15, 0.2) is 6.07 Å². The summed E-state index contributed by atoms with van der Waals surface area (Å²) in [7, 11) is 0. The van der Waals surface area contributed by atoms with Crippen LogP contribution in [0, 0.1) is 0 Å². The second kappa shape index (κ2) is 5.79. The number of pyridine rings is 1. The number of rotatable bonds is 6. The first kappa shape index (κ1) is 14.8. The molecule has 1 aliphatic rings. The van der Waals surface area contributed by atoms with Crippen molar-refractivity contribution in [3.63, 3.8) is 0 Å². The van der Waals surface area contributed by atoms with Crippen LogP contribution in [0.1, 0.15) is 54.7 Å². The van der Waals surface area contributed by atoms with Crippen LogP contribution >= 0.6 is 0 Å².